The van der Waals surface area contributed by atoms with Gasteiger partial charge in [0.25, 0.3) is 0 Å². The first-order valence-electron chi connectivity index (χ1n) is 7.17. The highest BCUT2D eigenvalue weighted by Crippen LogP contribution is 2.19. The van der Waals surface area contributed by atoms with Crippen molar-refractivity contribution >= 4 is 15.9 Å². The number of benzene rings is 1. The van der Waals surface area contributed by atoms with Crippen molar-refractivity contribution in [2.75, 3.05) is 26.2 Å². The molecule has 1 atom stereocenters. The Labute approximate surface area is 129 Å². The summed E-state index contributed by atoms with van der Waals surface area (Å²) in [5, 5.41) is 3.43. The number of halogens is 2. The molecule has 4 heteroatoms. The fraction of sp³-hybridized carbons (Fsp3) is 0.500. The summed E-state index contributed by atoms with van der Waals surface area (Å²) in [5.74, 6) is 0.517. The van der Waals surface area contributed by atoms with Crippen LogP contribution in [-0.4, -0.2) is 31.1 Å². The Bertz CT molecular complexity index is 444. The molecule has 1 saturated heterocycles. The Hall–Kier alpha value is -0.710. The van der Waals surface area contributed by atoms with Crippen LogP contribution in [0.2, 0.25) is 0 Å². The third-order valence-corrected chi connectivity index (χ3v) is 4.20. The molecule has 1 heterocycles. The zero-order valence-corrected chi connectivity index (χ0v) is 13.3. The van der Waals surface area contributed by atoms with E-state index in [1.165, 1.54) is 18.9 Å². The molecule has 1 unspecified atom stereocenters. The molecule has 1 aliphatic rings. The Morgan fingerprint density at radius 1 is 1.50 bits per heavy atom. The molecule has 0 radical (unpaired) electrons. The first kappa shape index (κ1) is 15.7. The summed E-state index contributed by atoms with van der Waals surface area (Å²) in [6, 6.07) is 5.12. The number of rotatable bonds is 6. The van der Waals surface area contributed by atoms with Gasteiger partial charge < -0.3 is 5.32 Å². The summed E-state index contributed by atoms with van der Waals surface area (Å²) in [6.45, 7) is 8.42. The molecule has 1 aromatic rings. The van der Waals surface area contributed by atoms with Crippen LogP contribution in [0.3, 0.4) is 0 Å². The van der Waals surface area contributed by atoms with Crippen molar-refractivity contribution in [1.82, 2.24) is 10.2 Å². The first-order valence-corrected chi connectivity index (χ1v) is 7.96. The fourth-order valence-electron chi connectivity index (χ4n) is 2.74. The highest BCUT2D eigenvalue weighted by molar-refractivity contribution is 9.10. The van der Waals surface area contributed by atoms with Crippen LogP contribution >= 0.6 is 15.9 Å². The molecule has 0 bridgehead atoms. The summed E-state index contributed by atoms with van der Waals surface area (Å²) < 4.78 is 14.8. The number of hydrogen-bond acceptors (Lipinski definition) is 2. The van der Waals surface area contributed by atoms with Crippen molar-refractivity contribution in [3.63, 3.8) is 0 Å². The number of hydrogen-bond donors (Lipinski definition) is 1. The van der Waals surface area contributed by atoms with Gasteiger partial charge in [0.1, 0.15) is 5.82 Å². The monoisotopic (exact) mass is 340 g/mol. The highest BCUT2D eigenvalue weighted by atomic mass is 79.9. The van der Waals surface area contributed by atoms with E-state index >= 15 is 0 Å². The molecule has 1 aliphatic heterocycles. The van der Waals surface area contributed by atoms with Gasteiger partial charge in [-0.05, 0) is 50.0 Å². The van der Waals surface area contributed by atoms with Crippen molar-refractivity contribution in [2.24, 2.45) is 5.92 Å². The quantitative estimate of drug-likeness (QED) is 0.796. The van der Waals surface area contributed by atoms with Gasteiger partial charge in [0.15, 0.2) is 0 Å². The van der Waals surface area contributed by atoms with Gasteiger partial charge >= 0.3 is 0 Å². The SMILES string of the molecule is C=CCN(Cc1cc(Br)ccc1F)CC1CCCNC1. The highest BCUT2D eigenvalue weighted by Gasteiger charge is 2.17. The van der Waals surface area contributed by atoms with Crippen molar-refractivity contribution in [3.05, 3.63) is 46.7 Å². The molecule has 2 nitrogen and oxygen atoms in total. The predicted molar refractivity (Wildman–Crippen MR) is 85.2 cm³/mol. The average Bonchev–Trinajstić information content (AvgIpc) is 2.44. The second kappa shape index (κ2) is 7.91. The van der Waals surface area contributed by atoms with Crippen molar-refractivity contribution in [1.29, 1.82) is 0 Å². The van der Waals surface area contributed by atoms with Crippen molar-refractivity contribution in [3.8, 4) is 0 Å². The van der Waals surface area contributed by atoms with E-state index in [1.54, 1.807) is 6.07 Å². The lowest BCUT2D eigenvalue weighted by molar-refractivity contribution is 0.216. The largest absolute Gasteiger partial charge is 0.316 e. The van der Waals surface area contributed by atoms with Crippen LogP contribution in [0.25, 0.3) is 0 Å². The maximum Gasteiger partial charge on any atom is 0.127 e. The molecule has 20 heavy (non-hydrogen) atoms. The van der Waals surface area contributed by atoms with Crippen LogP contribution in [0.15, 0.2) is 35.3 Å². The third-order valence-electron chi connectivity index (χ3n) is 3.70. The van der Waals surface area contributed by atoms with E-state index in [0.29, 0.717) is 12.5 Å². The van der Waals surface area contributed by atoms with E-state index < -0.39 is 0 Å². The van der Waals surface area contributed by atoms with Crippen molar-refractivity contribution in [2.45, 2.75) is 19.4 Å². The fourth-order valence-corrected chi connectivity index (χ4v) is 3.15. The number of nitrogens with zero attached hydrogens (tertiary/aromatic N) is 1. The van der Waals surface area contributed by atoms with Gasteiger partial charge in [-0.3, -0.25) is 4.90 Å². The van der Waals surface area contributed by atoms with Crippen LogP contribution in [0.5, 0.6) is 0 Å². The molecule has 0 aromatic heterocycles. The maximum atomic E-state index is 13.9. The molecular weight excluding hydrogens is 319 g/mol. The second-order valence-electron chi connectivity index (χ2n) is 5.43. The summed E-state index contributed by atoms with van der Waals surface area (Å²) >= 11 is 3.41. The summed E-state index contributed by atoms with van der Waals surface area (Å²) in [6.07, 6.45) is 4.38. The smallest absolute Gasteiger partial charge is 0.127 e. The van der Waals surface area contributed by atoms with E-state index in [2.05, 4.69) is 32.7 Å². The Morgan fingerprint density at radius 3 is 3.05 bits per heavy atom. The lowest BCUT2D eigenvalue weighted by Crippen LogP contribution is -2.38. The lowest BCUT2D eigenvalue weighted by atomic mass is 9.99. The molecule has 0 amide bonds. The van der Waals surface area contributed by atoms with E-state index in [9.17, 15) is 4.39 Å². The molecule has 1 fully saturated rings. The Kier molecular flexibility index (Phi) is 6.20. The molecule has 2 rings (SSSR count). The van der Waals surface area contributed by atoms with Crippen LogP contribution < -0.4 is 5.32 Å². The second-order valence-corrected chi connectivity index (χ2v) is 6.35. The minimum Gasteiger partial charge on any atom is -0.316 e. The van der Waals surface area contributed by atoms with Crippen LogP contribution in [0.4, 0.5) is 4.39 Å². The molecule has 0 saturated carbocycles. The van der Waals surface area contributed by atoms with Gasteiger partial charge in [-0.2, -0.15) is 0 Å². The summed E-state index contributed by atoms with van der Waals surface area (Å²) in [5.41, 5.74) is 0.741. The summed E-state index contributed by atoms with van der Waals surface area (Å²) in [7, 11) is 0. The van der Waals surface area contributed by atoms with Gasteiger partial charge in [-0.1, -0.05) is 22.0 Å². The molecular formula is C16H22BrFN2. The third kappa shape index (κ3) is 4.69. The van der Waals surface area contributed by atoms with Gasteiger partial charge in [0.05, 0.1) is 0 Å². The van der Waals surface area contributed by atoms with Crippen molar-refractivity contribution < 1.29 is 4.39 Å². The van der Waals surface area contributed by atoms with Crippen LogP contribution in [0.1, 0.15) is 18.4 Å². The van der Waals surface area contributed by atoms with Gasteiger partial charge in [-0.25, -0.2) is 4.39 Å². The molecule has 110 valence electrons. The minimum absolute atomic E-state index is 0.135. The minimum atomic E-state index is -0.135. The lowest BCUT2D eigenvalue weighted by Gasteiger charge is -2.29. The standard InChI is InChI=1S/C16H22BrFN2/c1-2-8-20(11-13-4-3-7-19-10-13)12-14-9-15(17)5-6-16(14)18/h2,5-6,9,13,19H,1,3-4,7-8,10-12H2. The normalized spacial score (nSPS) is 19.2. The number of piperidine rings is 1. The average molecular weight is 341 g/mol. The van der Waals surface area contributed by atoms with Gasteiger partial charge in [-0.15, -0.1) is 6.58 Å². The summed E-state index contributed by atoms with van der Waals surface area (Å²) in [4.78, 5) is 2.27. The van der Waals surface area contributed by atoms with Gasteiger partial charge in [0.2, 0.25) is 0 Å². The first-order chi connectivity index (χ1) is 9.69. The maximum absolute atomic E-state index is 13.9. The van der Waals surface area contributed by atoms with E-state index in [-0.39, 0.29) is 5.82 Å². The molecule has 1 N–H and O–H groups in total. The Morgan fingerprint density at radius 2 is 2.35 bits per heavy atom. The Balaban J connectivity index is 2.00. The topological polar surface area (TPSA) is 15.3 Å². The van der Waals surface area contributed by atoms with Crippen LogP contribution in [0, 0.1) is 11.7 Å². The van der Waals surface area contributed by atoms with Gasteiger partial charge in [0, 0.05) is 29.7 Å². The molecule has 1 aromatic carbocycles. The molecule has 0 spiro atoms. The van der Waals surface area contributed by atoms with Crippen LogP contribution in [-0.2, 0) is 6.54 Å². The van der Waals surface area contributed by atoms with E-state index in [4.69, 9.17) is 0 Å². The zero-order chi connectivity index (χ0) is 14.4. The van der Waals surface area contributed by atoms with E-state index in [1.807, 2.05) is 12.1 Å². The van der Waals surface area contributed by atoms with E-state index in [0.717, 1.165) is 36.2 Å². The predicted octanol–water partition coefficient (Wildman–Crippen LogP) is 3.58. The number of nitrogens with one attached hydrogen (secondary N) is 1. The zero-order valence-electron chi connectivity index (χ0n) is 11.7. The molecule has 0 aliphatic carbocycles.